The van der Waals surface area contributed by atoms with Crippen molar-refractivity contribution < 1.29 is 24.2 Å². The highest BCUT2D eigenvalue weighted by atomic mass is 16.5. The number of aliphatic carboxylic acids is 1. The van der Waals surface area contributed by atoms with Gasteiger partial charge in [0.15, 0.2) is 0 Å². The van der Waals surface area contributed by atoms with E-state index in [1.807, 2.05) is 0 Å². The van der Waals surface area contributed by atoms with Crippen LogP contribution in [0.1, 0.15) is 13.8 Å². The van der Waals surface area contributed by atoms with E-state index in [4.69, 9.17) is 14.6 Å². The van der Waals surface area contributed by atoms with E-state index in [2.05, 4.69) is 0 Å². The lowest BCUT2D eigenvalue weighted by molar-refractivity contribution is -0.154. The van der Waals surface area contributed by atoms with Gasteiger partial charge in [0, 0.05) is 14.2 Å². The summed E-state index contributed by atoms with van der Waals surface area (Å²) in [5.74, 6) is -1.86. The molecule has 1 aliphatic rings. The maximum Gasteiger partial charge on any atom is 0.311 e. The van der Waals surface area contributed by atoms with Crippen molar-refractivity contribution in [3.8, 4) is 0 Å². The van der Waals surface area contributed by atoms with Gasteiger partial charge in [0.25, 0.3) is 5.91 Å². The zero-order chi connectivity index (χ0) is 13.2. The number of carboxylic acid groups (broad SMARTS) is 1. The summed E-state index contributed by atoms with van der Waals surface area (Å²) in [6, 6.07) is -0.436. The lowest BCUT2D eigenvalue weighted by Crippen LogP contribution is -2.52. The van der Waals surface area contributed by atoms with Gasteiger partial charge in [-0.2, -0.15) is 0 Å². The Morgan fingerprint density at radius 3 is 2.47 bits per heavy atom. The second kappa shape index (κ2) is 5.01. The van der Waals surface area contributed by atoms with Gasteiger partial charge < -0.3 is 19.5 Å². The number of likely N-dealkylation sites (N-methyl/N-ethyl adjacent to an activating group) is 1. The average Bonchev–Trinajstić information content (AvgIpc) is 2.75. The molecule has 2 unspecified atom stereocenters. The summed E-state index contributed by atoms with van der Waals surface area (Å²) in [6.45, 7) is 3.69. The van der Waals surface area contributed by atoms with Crippen molar-refractivity contribution in [2.45, 2.75) is 25.5 Å². The van der Waals surface area contributed by atoms with E-state index in [9.17, 15) is 9.59 Å². The summed E-state index contributed by atoms with van der Waals surface area (Å²) in [7, 11) is 3.03. The number of ether oxygens (including phenoxy) is 2. The number of amides is 1. The minimum atomic E-state index is -0.958. The molecule has 1 N–H and O–H groups in total. The highest BCUT2D eigenvalue weighted by Crippen LogP contribution is 2.22. The number of carbonyl (C=O) groups is 2. The molecule has 2 atom stereocenters. The van der Waals surface area contributed by atoms with Crippen LogP contribution in [-0.2, 0) is 19.1 Å². The van der Waals surface area contributed by atoms with E-state index >= 15 is 0 Å². The molecule has 1 aliphatic heterocycles. The van der Waals surface area contributed by atoms with Gasteiger partial charge in [-0.05, 0) is 13.8 Å². The largest absolute Gasteiger partial charge is 0.481 e. The van der Waals surface area contributed by atoms with Crippen LogP contribution in [0.4, 0.5) is 0 Å². The number of nitrogens with zero attached hydrogens (tertiary/aromatic N) is 1. The van der Waals surface area contributed by atoms with Crippen molar-refractivity contribution in [1.29, 1.82) is 0 Å². The third-order valence-corrected chi connectivity index (χ3v) is 3.21. The first-order valence-corrected chi connectivity index (χ1v) is 5.44. The van der Waals surface area contributed by atoms with Gasteiger partial charge >= 0.3 is 5.97 Å². The Kier molecular flexibility index (Phi) is 4.11. The molecule has 1 fully saturated rings. The molecule has 98 valence electrons. The topological polar surface area (TPSA) is 76.1 Å². The number of hydrogen-bond acceptors (Lipinski definition) is 4. The van der Waals surface area contributed by atoms with E-state index in [-0.39, 0.29) is 19.1 Å². The predicted molar refractivity (Wildman–Crippen MR) is 59.6 cm³/mol. The van der Waals surface area contributed by atoms with Crippen LogP contribution in [0, 0.1) is 5.92 Å². The molecule has 0 bridgehead atoms. The first-order valence-electron chi connectivity index (χ1n) is 5.44. The molecule has 1 heterocycles. The molecule has 0 saturated carbocycles. The van der Waals surface area contributed by atoms with Gasteiger partial charge in [0.2, 0.25) is 0 Å². The average molecular weight is 245 g/mol. The van der Waals surface area contributed by atoms with E-state index in [0.29, 0.717) is 0 Å². The number of rotatable bonds is 4. The van der Waals surface area contributed by atoms with Gasteiger partial charge in [-0.3, -0.25) is 9.59 Å². The zero-order valence-corrected chi connectivity index (χ0v) is 10.6. The summed E-state index contributed by atoms with van der Waals surface area (Å²) in [5, 5.41) is 9.03. The standard InChI is InChI=1S/C11H19NO5/c1-11(2,16-4)10(15)12(3)8-6-17-5-7(8)9(13)14/h7-8H,5-6H2,1-4H3,(H,13,14). The fourth-order valence-corrected chi connectivity index (χ4v) is 1.82. The van der Waals surface area contributed by atoms with Crippen LogP contribution in [-0.4, -0.2) is 60.9 Å². The van der Waals surface area contributed by atoms with Gasteiger partial charge in [0.05, 0.1) is 19.3 Å². The van der Waals surface area contributed by atoms with Crippen LogP contribution in [0.2, 0.25) is 0 Å². The molecule has 6 nitrogen and oxygen atoms in total. The summed E-state index contributed by atoms with van der Waals surface area (Å²) < 4.78 is 10.2. The SMILES string of the molecule is COC(C)(C)C(=O)N(C)C1COCC1C(=O)O. The third-order valence-electron chi connectivity index (χ3n) is 3.21. The number of carboxylic acids is 1. The van der Waals surface area contributed by atoms with Crippen LogP contribution < -0.4 is 0 Å². The van der Waals surface area contributed by atoms with Crippen LogP contribution in [0.3, 0.4) is 0 Å². The van der Waals surface area contributed by atoms with E-state index in [0.717, 1.165) is 0 Å². The van der Waals surface area contributed by atoms with Crippen LogP contribution in [0.15, 0.2) is 0 Å². The number of methoxy groups -OCH3 is 1. The second-order valence-electron chi connectivity index (χ2n) is 4.68. The number of hydrogen-bond donors (Lipinski definition) is 1. The molecule has 1 amide bonds. The molecule has 17 heavy (non-hydrogen) atoms. The van der Waals surface area contributed by atoms with Crippen molar-refractivity contribution in [2.75, 3.05) is 27.4 Å². The van der Waals surface area contributed by atoms with E-state index < -0.39 is 23.5 Å². The van der Waals surface area contributed by atoms with Crippen molar-refractivity contribution in [2.24, 2.45) is 5.92 Å². The van der Waals surface area contributed by atoms with E-state index in [1.165, 1.54) is 12.0 Å². The van der Waals surface area contributed by atoms with Gasteiger partial charge in [0.1, 0.15) is 11.5 Å². The minimum absolute atomic E-state index is 0.144. The molecule has 0 spiro atoms. The predicted octanol–water partition coefficient (Wildman–Crippen LogP) is -0.0306. The van der Waals surface area contributed by atoms with Crippen molar-refractivity contribution in [1.82, 2.24) is 4.90 Å². The Balaban J connectivity index is 2.79. The number of carbonyl (C=O) groups excluding carboxylic acids is 1. The Morgan fingerprint density at radius 1 is 1.41 bits per heavy atom. The smallest absolute Gasteiger partial charge is 0.311 e. The Morgan fingerprint density at radius 2 is 2.00 bits per heavy atom. The molecular formula is C11H19NO5. The molecule has 0 radical (unpaired) electrons. The summed E-state index contributed by atoms with van der Waals surface area (Å²) >= 11 is 0. The normalized spacial score (nSPS) is 24.7. The van der Waals surface area contributed by atoms with Crippen molar-refractivity contribution >= 4 is 11.9 Å². The third kappa shape index (κ3) is 2.76. The van der Waals surface area contributed by atoms with Crippen LogP contribution in [0.5, 0.6) is 0 Å². The summed E-state index contributed by atoms with van der Waals surface area (Å²) in [4.78, 5) is 24.5. The molecule has 0 aliphatic carbocycles. The Bertz CT molecular complexity index is 315. The van der Waals surface area contributed by atoms with Crippen LogP contribution in [0.25, 0.3) is 0 Å². The molecule has 1 rings (SSSR count). The Labute approximate surface area is 100 Å². The van der Waals surface area contributed by atoms with Gasteiger partial charge in [-0.15, -0.1) is 0 Å². The molecule has 0 aromatic heterocycles. The molecule has 0 aromatic rings. The van der Waals surface area contributed by atoms with Gasteiger partial charge in [-0.25, -0.2) is 0 Å². The zero-order valence-electron chi connectivity index (χ0n) is 10.6. The quantitative estimate of drug-likeness (QED) is 0.752. The second-order valence-corrected chi connectivity index (χ2v) is 4.68. The summed E-state index contributed by atoms with van der Waals surface area (Å²) in [6.07, 6.45) is 0. The fourth-order valence-electron chi connectivity index (χ4n) is 1.82. The summed E-state index contributed by atoms with van der Waals surface area (Å²) in [5.41, 5.74) is -0.958. The molecular weight excluding hydrogens is 226 g/mol. The molecule has 6 heteroatoms. The minimum Gasteiger partial charge on any atom is -0.481 e. The van der Waals surface area contributed by atoms with Crippen LogP contribution >= 0.6 is 0 Å². The first kappa shape index (κ1) is 13.9. The highest BCUT2D eigenvalue weighted by Gasteiger charge is 2.42. The lowest BCUT2D eigenvalue weighted by Gasteiger charge is -2.33. The van der Waals surface area contributed by atoms with Crippen molar-refractivity contribution in [3.05, 3.63) is 0 Å². The molecule has 0 aromatic carbocycles. The van der Waals surface area contributed by atoms with Gasteiger partial charge in [-0.1, -0.05) is 0 Å². The molecule has 1 saturated heterocycles. The maximum absolute atomic E-state index is 12.1. The Hall–Kier alpha value is -1.14. The van der Waals surface area contributed by atoms with E-state index in [1.54, 1.807) is 20.9 Å². The fraction of sp³-hybridized carbons (Fsp3) is 0.818. The van der Waals surface area contributed by atoms with Crippen molar-refractivity contribution in [3.63, 3.8) is 0 Å². The highest BCUT2D eigenvalue weighted by molar-refractivity contribution is 5.85. The first-order chi connectivity index (χ1) is 7.81. The lowest BCUT2D eigenvalue weighted by atomic mass is 10.00. The monoisotopic (exact) mass is 245 g/mol. The maximum atomic E-state index is 12.1.